The molecule has 1 aromatic rings. The predicted molar refractivity (Wildman–Crippen MR) is 229 cm³/mol. The molecule has 5 nitrogen and oxygen atoms in total. The lowest BCUT2D eigenvalue weighted by molar-refractivity contribution is -0.145. The zero-order valence-electron chi connectivity index (χ0n) is 34.7. The fourth-order valence-electron chi connectivity index (χ4n) is 6.35. The third kappa shape index (κ3) is 31.2. The van der Waals surface area contributed by atoms with Gasteiger partial charge in [-0.15, -0.1) is 0 Å². The molecule has 304 valence electrons. The molecule has 0 amide bonds. The van der Waals surface area contributed by atoms with Gasteiger partial charge >= 0.3 is 11.9 Å². The van der Waals surface area contributed by atoms with Crippen molar-refractivity contribution in [3.8, 4) is 0 Å². The van der Waals surface area contributed by atoms with Gasteiger partial charge in [0, 0.05) is 12.0 Å². The number of benzene rings is 1. The summed E-state index contributed by atoms with van der Waals surface area (Å²) in [6, 6.07) is 4.85. The maximum absolute atomic E-state index is 12.7. The Morgan fingerprint density at radius 3 is 1.43 bits per heavy atom. The van der Waals surface area contributed by atoms with E-state index in [-0.39, 0.29) is 12.6 Å². The van der Waals surface area contributed by atoms with Crippen LogP contribution in [0.1, 0.15) is 220 Å². The van der Waals surface area contributed by atoms with Gasteiger partial charge in [0.25, 0.3) is 0 Å². The summed E-state index contributed by atoms with van der Waals surface area (Å²) in [6.07, 6.45) is 51.4. The van der Waals surface area contributed by atoms with Crippen molar-refractivity contribution in [1.29, 1.82) is 0 Å². The number of unbranched alkanes of at least 4 members (excludes halogenated alkanes) is 21. The molecule has 1 rings (SSSR count). The second-order valence-corrected chi connectivity index (χ2v) is 14.9. The fourth-order valence-corrected chi connectivity index (χ4v) is 6.35. The zero-order valence-corrected chi connectivity index (χ0v) is 34.7. The molecular formula is C49H78O5. The van der Waals surface area contributed by atoms with Crippen LogP contribution in [0, 0.1) is 0 Å². The minimum atomic E-state index is -0.444. The Morgan fingerprint density at radius 1 is 0.500 bits per heavy atom. The Kier molecular flexibility index (Phi) is 34.4. The molecular weight excluding hydrogens is 669 g/mol. The first-order valence-corrected chi connectivity index (χ1v) is 22.1. The van der Waals surface area contributed by atoms with Gasteiger partial charge in [-0.05, 0) is 101 Å². The number of ether oxygens (including phenoxy) is 2. The summed E-state index contributed by atoms with van der Waals surface area (Å²) in [5.74, 6) is -0.692. The van der Waals surface area contributed by atoms with E-state index in [4.69, 9.17) is 9.47 Å². The molecule has 0 N–H and O–H groups in total. The lowest BCUT2D eigenvalue weighted by Crippen LogP contribution is -2.09. The number of aldehydes is 1. The highest BCUT2D eigenvalue weighted by atomic mass is 16.5. The highest BCUT2D eigenvalue weighted by Crippen LogP contribution is 2.15. The van der Waals surface area contributed by atoms with E-state index in [1.807, 2.05) is 0 Å². The van der Waals surface area contributed by atoms with Gasteiger partial charge in [0.15, 0.2) is 0 Å². The number of esters is 2. The van der Waals surface area contributed by atoms with E-state index in [1.54, 1.807) is 12.1 Å². The number of rotatable bonds is 37. The molecule has 0 fully saturated rings. The third-order valence-electron chi connectivity index (χ3n) is 9.70. The van der Waals surface area contributed by atoms with E-state index in [2.05, 4.69) is 62.5 Å². The summed E-state index contributed by atoms with van der Waals surface area (Å²) in [5.41, 5.74) is 1.31. The fraction of sp³-hybridized carbons (Fsp3) is 0.653. The number of hydrogen-bond donors (Lipinski definition) is 0. The molecule has 0 bridgehead atoms. The van der Waals surface area contributed by atoms with Crippen molar-refractivity contribution in [2.24, 2.45) is 0 Å². The van der Waals surface area contributed by atoms with E-state index in [9.17, 15) is 14.4 Å². The summed E-state index contributed by atoms with van der Waals surface area (Å²) in [6.45, 7) is 4.89. The van der Waals surface area contributed by atoms with Crippen molar-refractivity contribution < 1.29 is 23.9 Å². The van der Waals surface area contributed by atoms with Crippen LogP contribution in [0.2, 0.25) is 0 Å². The van der Waals surface area contributed by atoms with Crippen molar-refractivity contribution in [1.82, 2.24) is 0 Å². The van der Waals surface area contributed by atoms with Gasteiger partial charge in [-0.1, -0.05) is 159 Å². The molecule has 0 unspecified atom stereocenters. The molecule has 0 heterocycles. The number of allylic oxidation sites excluding steroid dienone is 8. The summed E-state index contributed by atoms with van der Waals surface area (Å²) in [5, 5.41) is 0. The van der Waals surface area contributed by atoms with Crippen LogP contribution in [0.3, 0.4) is 0 Å². The summed E-state index contributed by atoms with van der Waals surface area (Å²) in [4.78, 5) is 36.6. The molecule has 0 atom stereocenters. The topological polar surface area (TPSA) is 69.7 Å². The first kappa shape index (κ1) is 48.8. The monoisotopic (exact) mass is 747 g/mol. The van der Waals surface area contributed by atoms with Crippen LogP contribution >= 0.6 is 0 Å². The zero-order chi connectivity index (χ0) is 39.0. The molecule has 0 spiro atoms. The standard InChI is InChI=1S/C49H78O5/c1-3-5-7-9-11-13-15-17-19-21-23-25-27-29-31-33-35-37-39-53-49(52)47-41-45(43-50)40-46(42-47)44-54-48(51)38-36-34-32-30-28-26-24-22-20-18-16-14-12-10-8-6-4-2/h11-14,17-20,40-43H,3-10,15-16,21-39,44H2,1-2H3/b13-11-,14-12-,19-17-,20-18-. The summed E-state index contributed by atoms with van der Waals surface area (Å²) >= 11 is 0. The van der Waals surface area contributed by atoms with Crippen LogP contribution in [0.5, 0.6) is 0 Å². The molecule has 5 heteroatoms. The molecule has 0 saturated heterocycles. The van der Waals surface area contributed by atoms with Gasteiger partial charge in [0.05, 0.1) is 12.2 Å². The number of hydrogen-bond acceptors (Lipinski definition) is 5. The maximum atomic E-state index is 12.7. The highest BCUT2D eigenvalue weighted by molar-refractivity contribution is 5.92. The third-order valence-corrected chi connectivity index (χ3v) is 9.70. The molecule has 1 aromatic carbocycles. The second-order valence-electron chi connectivity index (χ2n) is 14.9. The quantitative estimate of drug-likeness (QED) is 0.0293. The van der Waals surface area contributed by atoms with E-state index >= 15 is 0 Å². The Balaban J connectivity index is 2.08. The summed E-state index contributed by atoms with van der Waals surface area (Å²) < 4.78 is 11.0. The van der Waals surface area contributed by atoms with Crippen LogP contribution < -0.4 is 0 Å². The molecule has 0 aromatic heterocycles. The van der Waals surface area contributed by atoms with Gasteiger partial charge < -0.3 is 9.47 Å². The minimum Gasteiger partial charge on any atom is -0.462 e. The van der Waals surface area contributed by atoms with Gasteiger partial charge in [0.1, 0.15) is 12.9 Å². The normalized spacial score (nSPS) is 11.8. The highest BCUT2D eigenvalue weighted by Gasteiger charge is 2.12. The SMILES string of the molecule is CCCCC/C=C\C/C=C\CCCCCCCCCCOC(=O)c1cc(C=O)cc(COC(=O)CCCCCCCCC/C=C\C/C=C\CCCCC)c1. The lowest BCUT2D eigenvalue weighted by Gasteiger charge is -2.09. The Hall–Kier alpha value is -3.21. The Morgan fingerprint density at radius 2 is 0.944 bits per heavy atom. The van der Waals surface area contributed by atoms with Crippen molar-refractivity contribution >= 4 is 18.2 Å². The van der Waals surface area contributed by atoms with Crippen molar-refractivity contribution in [3.63, 3.8) is 0 Å². The minimum absolute atomic E-state index is 0.0397. The van der Waals surface area contributed by atoms with E-state index < -0.39 is 5.97 Å². The smallest absolute Gasteiger partial charge is 0.338 e. The van der Waals surface area contributed by atoms with Gasteiger partial charge in [-0.2, -0.15) is 0 Å². The van der Waals surface area contributed by atoms with Crippen LogP contribution in [0.4, 0.5) is 0 Å². The maximum Gasteiger partial charge on any atom is 0.338 e. The van der Waals surface area contributed by atoms with Crippen molar-refractivity contribution in [2.45, 2.75) is 200 Å². The van der Waals surface area contributed by atoms with E-state index in [0.29, 0.717) is 36.0 Å². The largest absolute Gasteiger partial charge is 0.462 e. The molecule has 54 heavy (non-hydrogen) atoms. The second kappa shape index (κ2) is 38.1. The van der Waals surface area contributed by atoms with Crippen molar-refractivity contribution in [2.75, 3.05) is 6.61 Å². The van der Waals surface area contributed by atoms with Gasteiger partial charge in [-0.3, -0.25) is 9.59 Å². The van der Waals surface area contributed by atoms with Crippen molar-refractivity contribution in [3.05, 3.63) is 83.5 Å². The molecule has 0 aliphatic heterocycles. The van der Waals surface area contributed by atoms with Crippen LogP contribution in [-0.2, 0) is 20.9 Å². The average Bonchev–Trinajstić information content (AvgIpc) is 3.18. The van der Waals surface area contributed by atoms with E-state index in [1.165, 1.54) is 122 Å². The van der Waals surface area contributed by atoms with Crippen LogP contribution in [-0.4, -0.2) is 24.8 Å². The lowest BCUT2D eigenvalue weighted by atomic mass is 10.1. The van der Waals surface area contributed by atoms with Gasteiger partial charge in [0.2, 0.25) is 0 Å². The van der Waals surface area contributed by atoms with Crippen LogP contribution in [0.15, 0.2) is 66.8 Å². The van der Waals surface area contributed by atoms with Crippen LogP contribution in [0.25, 0.3) is 0 Å². The predicted octanol–water partition coefficient (Wildman–Crippen LogP) is 14.9. The Labute approximate surface area is 331 Å². The average molecular weight is 747 g/mol. The first-order chi connectivity index (χ1) is 26.6. The Bertz CT molecular complexity index is 1180. The molecule has 0 radical (unpaired) electrons. The number of carbonyl (C=O) groups is 3. The molecule has 0 aliphatic carbocycles. The van der Waals surface area contributed by atoms with E-state index in [0.717, 1.165) is 57.8 Å². The number of carbonyl (C=O) groups excluding carboxylic acids is 3. The molecule has 0 aliphatic rings. The summed E-state index contributed by atoms with van der Waals surface area (Å²) in [7, 11) is 0. The molecule has 0 saturated carbocycles. The first-order valence-electron chi connectivity index (χ1n) is 22.1. The van der Waals surface area contributed by atoms with Gasteiger partial charge in [-0.25, -0.2) is 4.79 Å².